The number of fused-ring (bicyclic) bond motifs is 1. The highest BCUT2D eigenvalue weighted by Gasteiger charge is 2.39. The molecule has 0 spiro atoms. The van der Waals surface area contributed by atoms with E-state index in [1.54, 1.807) is 44.4 Å². The highest BCUT2D eigenvalue weighted by molar-refractivity contribution is 6.01. The normalized spacial score (nSPS) is 17.1. The lowest BCUT2D eigenvalue weighted by atomic mass is 9.89. The lowest BCUT2D eigenvalue weighted by molar-refractivity contribution is -0.130. The quantitative estimate of drug-likeness (QED) is 0.443. The van der Waals surface area contributed by atoms with Gasteiger partial charge in [0.15, 0.2) is 5.78 Å². The van der Waals surface area contributed by atoms with Gasteiger partial charge in [0, 0.05) is 11.8 Å². The summed E-state index contributed by atoms with van der Waals surface area (Å²) in [4.78, 5) is 43.5. The molecule has 1 unspecified atom stereocenters. The molecule has 0 radical (unpaired) electrons. The Morgan fingerprint density at radius 2 is 1.73 bits per heavy atom. The summed E-state index contributed by atoms with van der Waals surface area (Å²) in [6.45, 7) is 5.48. The number of anilines is 1. The minimum atomic E-state index is -0.852. The van der Waals surface area contributed by atoms with Crippen LogP contribution in [0.3, 0.4) is 0 Å². The maximum Gasteiger partial charge on any atom is 0.251 e. The fourth-order valence-electron chi connectivity index (χ4n) is 3.75. The minimum absolute atomic E-state index is 0. The fraction of sp³-hybridized carbons (Fsp3) is 0.417. The Balaban J connectivity index is 0.00000385. The Morgan fingerprint density at radius 3 is 2.33 bits per heavy atom. The molecule has 33 heavy (non-hydrogen) atoms. The minimum Gasteiger partial charge on any atom is -0.364 e. The van der Waals surface area contributed by atoms with Gasteiger partial charge in [-0.15, -0.1) is 12.4 Å². The van der Waals surface area contributed by atoms with Crippen molar-refractivity contribution in [3.63, 3.8) is 0 Å². The summed E-state index contributed by atoms with van der Waals surface area (Å²) >= 11 is 0. The molecule has 2 amide bonds. The number of amides is 2. The summed E-state index contributed by atoms with van der Waals surface area (Å²) in [5.41, 5.74) is 1.45. The van der Waals surface area contributed by atoms with E-state index in [0.717, 1.165) is 5.56 Å². The number of aromatic nitrogens is 1. The van der Waals surface area contributed by atoms with E-state index in [-0.39, 0.29) is 42.0 Å². The molecule has 0 aliphatic carbocycles. The highest BCUT2D eigenvalue weighted by atomic mass is 35.5. The lowest BCUT2D eigenvalue weighted by Gasteiger charge is -2.30. The molecule has 0 saturated heterocycles. The standard InChI is InChI=1S/C24H31N5O3.ClH/c1-14(2)19(28-23(31)15(3)25-4)21(30)20(29-24(32)16-9-6-5-7-10-16)18-13-17-11-8-12-26-22(17)27-18;/h5-12,14-15,18-20,25H,13H2,1-4H3,(H,26,27)(H,28,31)(H,29,32);1H/t15-,18-,19-,20?;/m0./s1. The van der Waals surface area contributed by atoms with Crippen LogP contribution in [-0.4, -0.2) is 53.8 Å². The maximum absolute atomic E-state index is 13.7. The predicted octanol–water partition coefficient (Wildman–Crippen LogP) is 1.96. The molecule has 4 N–H and O–H groups in total. The Kier molecular flexibility index (Phi) is 9.37. The molecule has 1 aliphatic heterocycles. The van der Waals surface area contributed by atoms with Crippen LogP contribution in [0.1, 0.15) is 36.7 Å². The molecule has 2 heterocycles. The van der Waals surface area contributed by atoms with Crippen LogP contribution in [0.15, 0.2) is 48.7 Å². The van der Waals surface area contributed by atoms with Gasteiger partial charge in [-0.25, -0.2) is 4.98 Å². The molecule has 0 saturated carbocycles. The molecule has 3 rings (SSSR count). The summed E-state index contributed by atoms with van der Waals surface area (Å²) < 4.78 is 0. The van der Waals surface area contributed by atoms with Crippen molar-refractivity contribution in [3.05, 3.63) is 59.8 Å². The van der Waals surface area contributed by atoms with Gasteiger partial charge in [-0.3, -0.25) is 14.4 Å². The number of nitrogens with one attached hydrogen (secondary N) is 4. The molecular formula is C24H32ClN5O3. The van der Waals surface area contributed by atoms with Crippen LogP contribution >= 0.6 is 12.4 Å². The molecule has 1 aliphatic rings. The molecule has 1 aromatic heterocycles. The van der Waals surface area contributed by atoms with E-state index in [1.807, 2.05) is 32.0 Å². The van der Waals surface area contributed by atoms with E-state index in [1.165, 1.54) is 0 Å². The van der Waals surface area contributed by atoms with E-state index in [2.05, 4.69) is 26.3 Å². The Morgan fingerprint density at radius 1 is 1.03 bits per heavy atom. The van der Waals surface area contributed by atoms with E-state index < -0.39 is 18.1 Å². The van der Waals surface area contributed by atoms with Crippen LogP contribution in [0.5, 0.6) is 0 Å². The van der Waals surface area contributed by atoms with Crippen molar-refractivity contribution in [2.24, 2.45) is 5.92 Å². The van der Waals surface area contributed by atoms with Crippen LogP contribution in [0.25, 0.3) is 0 Å². The molecule has 8 nitrogen and oxygen atoms in total. The third kappa shape index (κ3) is 6.30. The van der Waals surface area contributed by atoms with Gasteiger partial charge in [0.05, 0.1) is 18.1 Å². The Bertz CT molecular complexity index is 945. The van der Waals surface area contributed by atoms with Gasteiger partial charge in [0.25, 0.3) is 5.91 Å². The molecule has 1 aromatic carbocycles. The van der Waals surface area contributed by atoms with Crippen molar-refractivity contribution in [1.29, 1.82) is 0 Å². The van der Waals surface area contributed by atoms with Crippen molar-refractivity contribution < 1.29 is 14.4 Å². The molecule has 2 aromatic rings. The van der Waals surface area contributed by atoms with E-state index in [0.29, 0.717) is 17.8 Å². The summed E-state index contributed by atoms with van der Waals surface area (Å²) in [5.74, 6) is -0.304. The average molecular weight is 474 g/mol. The lowest BCUT2D eigenvalue weighted by Crippen LogP contribution is -2.60. The summed E-state index contributed by atoms with van der Waals surface area (Å²) in [6.07, 6.45) is 2.23. The van der Waals surface area contributed by atoms with Crippen LogP contribution in [0, 0.1) is 5.92 Å². The smallest absolute Gasteiger partial charge is 0.251 e. The molecule has 178 valence electrons. The van der Waals surface area contributed by atoms with Gasteiger partial charge in [0.1, 0.15) is 11.9 Å². The van der Waals surface area contributed by atoms with Crippen molar-refractivity contribution in [2.45, 2.75) is 51.4 Å². The van der Waals surface area contributed by atoms with E-state index >= 15 is 0 Å². The van der Waals surface area contributed by atoms with Gasteiger partial charge >= 0.3 is 0 Å². The first-order valence-corrected chi connectivity index (χ1v) is 10.9. The second kappa shape index (κ2) is 11.8. The third-order valence-corrected chi connectivity index (χ3v) is 5.78. The molecule has 4 atom stereocenters. The van der Waals surface area contributed by atoms with Gasteiger partial charge in [-0.1, -0.05) is 38.1 Å². The first-order valence-electron chi connectivity index (χ1n) is 10.9. The van der Waals surface area contributed by atoms with Crippen molar-refractivity contribution >= 4 is 35.8 Å². The molecular weight excluding hydrogens is 442 g/mol. The second-order valence-corrected chi connectivity index (χ2v) is 8.43. The number of Topliss-reactive ketones (excluding diaryl/α,β-unsaturated/α-hetero) is 1. The van der Waals surface area contributed by atoms with Crippen LogP contribution in [-0.2, 0) is 16.0 Å². The predicted molar refractivity (Wildman–Crippen MR) is 131 cm³/mol. The number of carbonyl (C=O) groups is 3. The van der Waals surface area contributed by atoms with Gasteiger partial charge in [-0.2, -0.15) is 0 Å². The zero-order valence-electron chi connectivity index (χ0n) is 19.3. The van der Waals surface area contributed by atoms with E-state index in [4.69, 9.17) is 0 Å². The maximum atomic E-state index is 13.7. The van der Waals surface area contributed by atoms with Gasteiger partial charge in [0.2, 0.25) is 5.91 Å². The molecule has 0 fully saturated rings. The first kappa shape index (κ1) is 26.3. The zero-order chi connectivity index (χ0) is 23.3. The molecule has 9 heteroatoms. The summed E-state index contributed by atoms with van der Waals surface area (Å²) in [6, 6.07) is 10.1. The van der Waals surface area contributed by atoms with Crippen LogP contribution < -0.4 is 21.3 Å². The monoisotopic (exact) mass is 473 g/mol. The number of nitrogens with zero attached hydrogens (tertiary/aromatic N) is 1. The number of hydrogen-bond acceptors (Lipinski definition) is 6. The number of ketones is 1. The van der Waals surface area contributed by atoms with Gasteiger partial charge in [-0.05, 0) is 50.1 Å². The number of rotatable bonds is 9. The van der Waals surface area contributed by atoms with Crippen molar-refractivity contribution in [3.8, 4) is 0 Å². The summed E-state index contributed by atoms with van der Waals surface area (Å²) in [7, 11) is 1.69. The largest absolute Gasteiger partial charge is 0.364 e. The summed E-state index contributed by atoms with van der Waals surface area (Å²) in [5, 5.41) is 11.9. The fourth-order valence-corrected chi connectivity index (χ4v) is 3.75. The highest BCUT2D eigenvalue weighted by Crippen LogP contribution is 2.26. The van der Waals surface area contributed by atoms with E-state index in [9.17, 15) is 14.4 Å². The number of benzene rings is 1. The zero-order valence-corrected chi connectivity index (χ0v) is 20.1. The first-order chi connectivity index (χ1) is 15.3. The van der Waals surface area contributed by atoms with Crippen LogP contribution in [0.2, 0.25) is 0 Å². The third-order valence-electron chi connectivity index (χ3n) is 5.78. The topological polar surface area (TPSA) is 112 Å². The number of carbonyl (C=O) groups excluding carboxylic acids is 3. The van der Waals surface area contributed by atoms with Gasteiger partial charge < -0.3 is 21.3 Å². The Labute approximate surface area is 200 Å². The van der Waals surface area contributed by atoms with Crippen LogP contribution in [0.4, 0.5) is 5.82 Å². The number of likely N-dealkylation sites (N-methyl/N-ethyl adjacent to an activating group) is 1. The number of hydrogen-bond donors (Lipinski definition) is 4. The van der Waals surface area contributed by atoms with Crippen molar-refractivity contribution in [1.82, 2.24) is 20.9 Å². The Hall–Kier alpha value is -2.97. The number of halogens is 1. The van der Waals surface area contributed by atoms with Crippen molar-refractivity contribution in [2.75, 3.05) is 12.4 Å². The average Bonchev–Trinajstić information content (AvgIpc) is 3.23. The molecule has 0 bridgehead atoms. The number of pyridine rings is 1. The second-order valence-electron chi connectivity index (χ2n) is 8.43. The SMILES string of the molecule is CN[C@@H](C)C(=O)N[C@H](C(=O)C(NC(=O)c1ccccc1)[C@@H]1Cc2cccnc2N1)C(C)C.Cl.